The molecule has 0 saturated carbocycles. The Morgan fingerprint density at radius 2 is 0.778 bits per heavy atom. The fraction of sp³-hybridized carbons (Fsp3) is 0. The van der Waals surface area contributed by atoms with Crippen molar-refractivity contribution < 1.29 is 43.4 Å². The Hall–Kier alpha value is 0.646. The van der Waals surface area contributed by atoms with Crippen LogP contribution in [-0.4, -0.2) is 26.6 Å². The van der Waals surface area contributed by atoms with E-state index in [1.54, 1.807) is 0 Å². The molecule has 0 unspecified atom stereocenters. The van der Waals surface area contributed by atoms with Crippen molar-refractivity contribution in [2.45, 2.75) is 0 Å². The van der Waals surface area contributed by atoms with Crippen molar-refractivity contribution in [1.82, 2.24) is 0 Å². The largest absolute Gasteiger partial charge is 2.00 e. The van der Waals surface area contributed by atoms with Crippen LogP contribution < -0.4 is 0 Å². The van der Waals surface area contributed by atoms with E-state index in [0.29, 0.717) is 0 Å². The predicted octanol–water partition coefficient (Wildman–Crippen LogP) is -2.01. The van der Waals surface area contributed by atoms with Crippen LogP contribution in [-0.2, 0) is 39.5 Å². The molecule has 0 aromatic carbocycles. The van der Waals surface area contributed by atoms with Gasteiger partial charge in [-0.1, -0.05) is 0 Å². The smallest absolute Gasteiger partial charge is 0.784 e. The molecule has 0 rings (SSSR count). The standard InChI is InChI=1S/Co.2H2O3S/c;2*1-4(2)3/h;2*(H2,1,2,3)/q+2;;/p-4. The first-order chi connectivity index (χ1) is 3.46. The van der Waals surface area contributed by atoms with Gasteiger partial charge in [-0.15, -0.1) is 22.7 Å². The van der Waals surface area contributed by atoms with E-state index in [9.17, 15) is 0 Å². The molecule has 9 heteroatoms. The minimum atomic E-state index is -3.11. The molecule has 0 heterocycles. The van der Waals surface area contributed by atoms with Gasteiger partial charge < -0.3 is 18.2 Å². The maximum absolute atomic E-state index is 8.44. The topological polar surface area (TPSA) is 126 Å². The van der Waals surface area contributed by atoms with Crippen molar-refractivity contribution in [3.63, 3.8) is 0 Å². The van der Waals surface area contributed by atoms with Crippen LogP contribution in [0.2, 0.25) is 0 Å². The molecule has 1 radical (unpaired) electrons. The monoisotopic (exact) mass is 219 g/mol. The number of hydrogen-bond donors (Lipinski definition) is 0. The average molecular weight is 219 g/mol. The van der Waals surface area contributed by atoms with E-state index in [1.165, 1.54) is 0 Å². The van der Waals surface area contributed by atoms with Crippen LogP contribution in [0.1, 0.15) is 0 Å². The molecule has 0 aromatic heterocycles. The van der Waals surface area contributed by atoms with Crippen molar-refractivity contribution >= 4 is 22.7 Å². The van der Waals surface area contributed by atoms with Gasteiger partial charge in [-0.3, -0.25) is 8.42 Å². The summed E-state index contributed by atoms with van der Waals surface area (Å²) in [5, 5.41) is 0. The minimum Gasteiger partial charge on any atom is -0.784 e. The van der Waals surface area contributed by atoms with Gasteiger partial charge in [0.25, 0.3) is 0 Å². The van der Waals surface area contributed by atoms with Crippen molar-refractivity contribution in [2.75, 3.05) is 0 Å². The summed E-state index contributed by atoms with van der Waals surface area (Å²) >= 11 is -6.22. The third kappa shape index (κ3) is 914. The number of hydrogen-bond acceptors (Lipinski definition) is 6. The van der Waals surface area contributed by atoms with E-state index >= 15 is 0 Å². The molecule has 0 aliphatic carbocycles. The Morgan fingerprint density at radius 3 is 0.778 bits per heavy atom. The van der Waals surface area contributed by atoms with Gasteiger partial charge in [0.15, 0.2) is 0 Å². The molecule has 0 spiro atoms. The number of rotatable bonds is 0. The molecular formula is CoO6S2-2. The normalized spacial score (nSPS) is 7.78. The molecule has 59 valence electrons. The summed E-state index contributed by atoms with van der Waals surface area (Å²) in [5.74, 6) is 0. The minimum absolute atomic E-state index is 0. The summed E-state index contributed by atoms with van der Waals surface area (Å²) in [6.45, 7) is 0. The zero-order valence-electron chi connectivity index (χ0n) is 3.60. The summed E-state index contributed by atoms with van der Waals surface area (Å²) in [6.07, 6.45) is 0. The third-order valence-electron chi connectivity index (χ3n) is 0. The second kappa shape index (κ2) is 11.4. The van der Waals surface area contributed by atoms with Gasteiger partial charge in [0.1, 0.15) is 0 Å². The molecule has 0 bridgehead atoms. The zero-order chi connectivity index (χ0) is 7.15. The maximum Gasteiger partial charge on any atom is 2.00 e. The predicted molar refractivity (Wildman–Crippen MR) is 19.4 cm³/mol. The molecule has 6 nitrogen and oxygen atoms in total. The van der Waals surface area contributed by atoms with E-state index in [1.807, 2.05) is 0 Å². The quantitative estimate of drug-likeness (QED) is 0.433. The van der Waals surface area contributed by atoms with E-state index in [4.69, 9.17) is 26.6 Å². The van der Waals surface area contributed by atoms with Gasteiger partial charge >= 0.3 is 16.8 Å². The van der Waals surface area contributed by atoms with Gasteiger partial charge in [0.05, 0.1) is 0 Å². The molecular weight excluding hydrogens is 219 g/mol. The fourth-order valence-electron chi connectivity index (χ4n) is 0. The van der Waals surface area contributed by atoms with E-state index in [-0.39, 0.29) is 16.8 Å². The Morgan fingerprint density at radius 1 is 0.778 bits per heavy atom. The molecule has 0 fully saturated rings. The van der Waals surface area contributed by atoms with Crippen LogP contribution >= 0.6 is 0 Å². The van der Waals surface area contributed by atoms with E-state index in [2.05, 4.69) is 0 Å². The average Bonchev–Trinajstić information content (AvgIpc) is 1.25. The van der Waals surface area contributed by atoms with Crippen LogP contribution in [0.25, 0.3) is 0 Å². The van der Waals surface area contributed by atoms with Crippen molar-refractivity contribution in [3.05, 3.63) is 0 Å². The first-order valence-corrected chi connectivity index (χ1v) is 3.00. The van der Waals surface area contributed by atoms with Crippen LogP contribution in [0.5, 0.6) is 0 Å². The Balaban J connectivity index is -0.0000000720. The molecule has 0 atom stereocenters. The Kier molecular flexibility index (Phi) is 20.8. The van der Waals surface area contributed by atoms with Crippen molar-refractivity contribution in [1.29, 1.82) is 0 Å². The van der Waals surface area contributed by atoms with E-state index in [0.717, 1.165) is 0 Å². The van der Waals surface area contributed by atoms with Crippen molar-refractivity contribution in [3.8, 4) is 0 Å². The fourth-order valence-corrected chi connectivity index (χ4v) is 0. The van der Waals surface area contributed by atoms with Crippen LogP contribution in [0.3, 0.4) is 0 Å². The van der Waals surface area contributed by atoms with Crippen LogP contribution in [0.15, 0.2) is 0 Å². The van der Waals surface area contributed by atoms with Gasteiger partial charge in [0.2, 0.25) is 0 Å². The molecule has 0 aliphatic rings. The van der Waals surface area contributed by atoms with E-state index < -0.39 is 22.7 Å². The summed E-state index contributed by atoms with van der Waals surface area (Å²) in [7, 11) is 0. The second-order valence-electron chi connectivity index (χ2n) is 0.408. The van der Waals surface area contributed by atoms with Crippen molar-refractivity contribution in [2.24, 2.45) is 0 Å². The summed E-state index contributed by atoms with van der Waals surface area (Å²) in [4.78, 5) is 0. The maximum atomic E-state index is 8.44. The van der Waals surface area contributed by atoms with Gasteiger partial charge in [-0.25, -0.2) is 0 Å². The van der Waals surface area contributed by atoms with Gasteiger partial charge in [-0.2, -0.15) is 0 Å². The first-order valence-electron chi connectivity index (χ1n) is 1.00. The molecule has 0 aliphatic heterocycles. The van der Waals surface area contributed by atoms with Crippen LogP contribution in [0, 0.1) is 0 Å². The molecule has 0 N–H and O–H groups in total. The Labute approximate surface area is 66.5 Å². The summed E-state index contributed by atoms with van der Waals surface area (Å²) in [5.41, 5.74) is 0. The molecule has 0 aromatic rings. The third-order valence-corrected chi connectivity index (χ3v) is 0. The summed E-state index contributed by atoms with van der Waals surface area (Å²) < 4.78 is 50.7. The zero-order valence-corrected chi connectivity index (χ0v) is 6.27. The first kappa shape index (κ1) is 16.3. The second-order valence-corrected chi connectivity index (χ2v) is 1.22. The SMILES string of the molecule is O=S([O-])[O-].O=S([O-])[O-].[Co+2]. The molecule has 9 heavy (non-hydrogen) atoms. The molecule has 0 saturated heterocycles. The summed E-state index contributed by atoms with van der Waals surface area (Å²) in [6, 6.07) is 0. The van der Waals surface area contributed by atoms with Crippen LogP contribution in [0.4, 0.5) is 0 Å². The molecule has 0 amide bonds. The van der Waals surface area contributed by atoms with Gasteiger partial charge in [0, 0.05) is 0 Å². The van der Waals surface area contributed by atoms with Gasteiger partial charge in [-0.05, 0) is 0 Å². The Bertz CT molecular complexity index is 69.1.